The van der Waals surface area contributed by atoms with Crippen molar-refractivity contribution in [2.45, 2.75) is 381 Å². The van der Waals surface area contributed by atoms with Crippen molar-refractivity contribution in [1.29, 1.82) is 0 Å². The summed E-state index contributed by atoms with van der Waals surface area (Å²) in [7, 11) is 0. The number of hydrogen-bond donors (Lipinski definition) is 0. The zero-order valence-electron chi connectivity index (χ0n) is 49.6. The summed E-state index contributed by atoms with van der Waals surface area (Å²) in [6.45, 7) is 11.5. The van der Waals surface area contributed by atoms with Gasteiger partial charge in [0.25, 0.3) is 0 Å². The molecule has 0 aliphatic rings. The molecule has 0 saturated heterocycles. The Labute approximate surface area is 450 Å². The third-order valence-corrected chi connectivity index (χ3v) is 15.2. The highest BCUT2D eigenvalue weighted by Gasteiger charge is 2.19. The molecule has 6 heteroatoms. The van der Waals surface area contributed by atoms with Crippen LogP contribution in [0, 0.1) is 11.8 Å². The summed E-state index contributed by atoms with van der Waals surface area (Å²) >= 11 is 0. The smallest absolute Gasteiger partial charge is 0.306 e. The summed E-state index contributed by atoms with van der Waals surface area (Å²) in [5.41, 5.74) is 0. The lowest BCUT2D eigenvalue weighted by Gasteiger charge is -2.18. The maximum atomic E-state index is 12.9. The van der Waals surface area contributed by atoms with Crippen molar-refractivity contribution < 1.29 is 28.6 Å². The minimum absolute atomic E-state index is 0.0617. The number of carbonyl (C=O) groups is 3. The molecule has 0 unspecified atom stereocenters. The van der Waals surface area contributed by atoms with Crippen LogP contribution in [-0.2, 0) is 28.6 Å². The molecule has 0 fully saturated rings. The van der Waals surface area contributed by atoms with Gasteiger partial charge in [0.2, 0.25) is 0 Å². The summed E-state index contributed by atoms with van der Waals surface area (Å²) in [6, 6.07) is 0. The lowest BCUT2D eigenvalue weighted by atomic mass is 10.0. The molecule has 0 aromatic rings. The maximum absolute atomic E-state index is 12.9. The fourth-order valence-electron chi connectivity index (χ4n) is 10.3. The van der Waals surface area contributed by atoms with Gasteiger partial charge in [0.15, 0.2) is 6.10 Å². The van der Waals surface area contributed by atoms with Crippen LogP contribution in [-0.4, -0.2) is 37.2 Å². The second kappa shape index (κ2) is 58.7. The van der Waals surface area contributed by atoms with Crippen molar-refractivity contribution in [2.75, 3.05) is 13.2 Å². The van der Waals surface area contributed by atoms with Crippen molar-refractivity contribution in [2.24, 2.45) is 11.8 Å². The molecule has 0 aliphatic carbocycles. The zero-order valence-corrected chi connectivity index (χ0v) is 49.6. The topological polar surface area (TPSA) is 78.9 Å². The molecule has 0 N–H and O–H groups in total. The third-order valence-electron chi connectivity index (χ3n) is 15.2. The van der Waals surface area contributed by atoms with Crippen molar-refractivity contribution in [3.8, 4) is 0 Å². The summed E-state index contributed by atoms with van der Waals surface area (Å²) in [5.74, 6) is 0.865. The molecule has 0 saturated carbocycles. The Balaban J connectivity index is 4.29. The first-order valence-corrected chi connectivity index (χ1v) is 32.7. The first kappa shape index (κ1) is 70.4. The molecule has 6 nitrogen and oxygen atoms in total. The average molecular weight is 1020 g/mol. The van der Waals surface area contributed by atoms with E-state index in [-0.39, 0.29) is 31.1 Å². The lowest BCUT2D eigenvalue weighted by molar-refractivity contribution is -0.167. The Morgan fingerprint density at radius 2 is 0.458 bits per heavy atom. The molecular formula is C66H128O6. The summed E-state index contributed by atoms with van der Waals surface area (Å²) in [4.78, 5) is 38.4. The molecule has 0 spiro atoms. The molecule has 1 atom stereocenters. The Hall–Kier alpha value is -1.59. The van der Waals surface area contributed by atoms with Crippen LogP contribution >= 0.6 is 0 Å². The average Bonchev–Trinajstić information content (AvgIpc) is 3.36. The monoisotopic (exact) mass is 1020 g/mol. The SMILES string of the molecule is CCCCCCCCCCCCCCCCCCCCCC(=O)O[C@H](COC(=O)CCCCCCCCCCCCCCCCCC(C)C)COC(=O)CCCCCCCCCCCCCCCCC(C)C. The molecule has 0 heterocycles. The second-order valence-corrected chi connectivity index (χ2v) is 23.7. The minimum atomic E-state index is -0.764. The summed E-state index contributed by atoms with van der Waals surface area (Å²) < 4.78 is 17.0. The fourth-order valence-corrected chi connectivity index (χ4v) is 10.3. The summed E-state index contributed by atoms with van der Waals surface area (Å²) in [6.07, 6.45) is 65.3. The van der Waals surface area contributed by atoms with Crippen LogP contribution in [0.1, 0.15) is 375 Å². The number of rotatable bonds is 60. The predicted octanol–water partition coefficient (Wildman–Crippen LogP) is 22.0. The molecule has 0 bridgehead atoms. The van der Waals surface area contributed by atoms with Gasteiger partial charge in [-0.05, 0) is 31.1 Å². The van der Waals surface area contributed by atoms with Crippen molar-refractivity contribution in [3.63, 3.8) is 0 Å². The maximum Gasteiger partial charge on any atom is 0.306 e. The Kier molecular flexibility index (Phi) is 57.4. The van der Waals surface area contributed by atoms with Gasteiger partial charge in [0.05, 0.1) is 0 Å². The van der Waals surface area contributed by atoms with Gasteiger partial charge in [0, 0.05) is 19.3 Å². The van der Waals surface area contributed by atoms with Crippen LogP contribution in [0.4, 0.5) is 0 Å². The Morgan fingerprint density at radius 3 is 0.681 bits per heavy atom. The van der Waals surface area contributed by atoms with E-state index in [2.05, 4.69) is 34.6 Å². The van der Waals surface area contributed by atoms with E-state index in [9.17, 15) is 14.4 Å². The van der Waals surface area contributed by atoms with Gasteiger partial charge in [-0.15, -0.1) is 0 Å². The fraction of sp³-hybridized carbons (Fsp3) is 0.955. The predicted molar refractivity (Wildman–Crippen MR) is 312 cm³/mol. The molecular weight excluding hydrogens is 889 g/mol. The van der Waals surface area contributed by atoms with Crippen LogP contribution in [0.3, 0.4) is 0 Å². The Bertz CT molecular complexity index is 1100. The third kappa shape index (κ3) is 59.3. The van der Waals surface area contributed by atoms with Crippen LogP contribution < -0.4 is 0 Å². The van der Waals surface area contributed by atoms with E-state index in [1.54, 1.807) is 0 Å². The molecule has 0 aliphatic heterocycles. The van der Waals surface area contributed by atoms with Gasteiger partial charge >= 0.3 is 17.9 Å². The largest absolute Gasteiger partial charge is 0.462 e. The normalized spacial score (nSPS) is 12.0. The minimum Gasteiger partial charge on any atom is -0.462 e. The highest BCUT2D eigenvalue weighted by atomic mass is 16.6. The van der Waals surface area contributed by atoms with E-state index in [0.29, 0.717) is 19.3 Å². The van der Waals surface area contributed by atoms with Gasteiger partial charge < -0.3 is 14.2 Å². The standard InChI is InChI=1S/C66H128O6/c1-6-7-8-9-10-11-12-13-14-15-16-17-20-28-33-38-43-48-53-58-66(69)72-63(60-71-65(68)57-52-47-42-37-32-27-23-22-25-30-35-40-45-50-55-62(4)5)59-70-64(67)56-51-46-41-36-31-26-21-18-19-24-29-34-39-44-49-54-61(2)3/h61-63H,6-60H2,1-5H3/t63-/m1/s1. The van der Waals surface area contributed by atoms with E-state index in [1.165, 1.54) is 263 Å². The molecule has 0 rings (SSSR count). The van der Waals surface area contributed by atoms with Crippen molar-refractivity contribution in [3.05, 3.63) is 0 Å². The van der Waals surface area contributed by atoms with Gasteiger partial charge in [-0.25, -0.2) is 0 Å². The second-order valence-electron chi connectivity index (χ2n) is 23.7. The molecule has 0 radical (unpaired) electrons. The quantitative estimate of drug-likeness (QED) is 0.0343. The molecule has 0 amide bonds. The molecule has 0 aromatic heterocycles. The van der Waals surface area contributed by atoms with Crippen molar-refractivity contribution in [1.82, 2.24) is 0 Å². The highest BCUT2D eigenvalue weighted by molar-refractivity contribution is 5.71. The first-order valence-electron chi connectivity index (χ1n) is 32.7. The number of hydrogen-bond acceptors (Lipinski definition) is 6. The number of ether oxygens (including phenoxy) is 3. The van der Waals surface area contributed by atoms with Gasteiger partial charge in [0.1, 0.15) is 13.2 Å². The van der Waals surface area contributed by atoms with Crippen LogP contribution in [0.15, 0.2) is 0 Å². The van der Waals surface area contributed by atoms with Crippen LogP contribution in [0.25, 0.3) is 0 Å². The van der Waals surface area contributed by atoms with E-state index < -0.39 is 6.10 Å². The zero-order chi connectivity index (χ0) is 52.5. The van der Waals surface area contributed by atoms with E-state index >= 15 is 0 Å². The van der Waals surface area contributed by atoms with Gasteiger partial charge in [-0.1, -0.05) is 336 Å². The molecule has 0 aromatic carbocycles. The number of esters is 3. The lowest BCUT2D eigenvalue weighted by Crippen LogP contribution is -2.30. The van der Waals surface area contributed by atoms with E-state index in [0.717, 1.165) is 69.6 Å². The van der Waals surface area contributed by atoms with Crippen molar-refractivity contribution >= 4 is 17.9 Å². The van der Waals surface area contributed by atoms with E-state index in [1.807, 2.05) is 0 Å². The van der Waals surface area contributed by atoms with Gasteiger partial charge in [-0.2, -0.15) is 0 Å². The molecule has 428 valence electrons. The molecule has 72 heavy (non-hydrogen) atoms. The highest BCUT2D eigenvalue weighted by Crippen LogP contribution is 2.19. The van der Waals surface area contributed by atoms with E-state index in [4.69, 9.17) is 14.2 Å². The Morgan fingerprint density at radius 1 is 0.264 bits per heavy atom. The first-order chi connectivity index (χ1) is 35.2. The summed E-state index contributed by atoms with van der Waals surface area (Å²) in [5, 5.41) is 0. The van der Waals surface area contributed by atoms with Gasteiger partial charge in [-0.3, -0.25) is 14.4 Å². The number of unbranched alkanes of at least 4 members (excludes halogenated alkanes) is 45. The number of carbonyl (C=O) groups excluding carboxylic acids is 3. The van der Waals surface area contributed by atoms with Crippen LogP contribution in [0.2, 0.25) is 0 Å². The van der Waals surface area contributed by atoms with Crippen LogP contribution in [0.5, 0.6) is 0 Å².